The molecule has 0 saturated carbocycles. The predicted octanol–water partition coefficient (Wildman–Crippen LogP) is 6.21. The lowest BCUT2D eigenvalue weighted by Gasteiger charge is -2.15. The van der Waals surface area contributed by atoms with Crippen molar-refractivity contribution in [3.05, 3.63) is 89.1 Å². The summed E-state index contributed by atoms with van der Waals surface area (Å²) in [6.45, 7) is 4.14. The summed E-state index contributed by atoms with van der Waals surface area (Å²) in [6, 6.07) is 19.4. The van der Waals surface area contributed by atoms with Crippen LogP contribution in [-0.4, -0.2) is 30.4 Å². The summed E-state index contributed by atoms with van der Waals surface area (Å²) in [5.74, 6) is 1.51. The number of methoxy groups -OCH3 is 2. The molecule has 0 amide bonds. The fourth-order valence-corrected chi connectivity index (χ4v) is 4.96. The quantitative estimate of drug-likeness (QED) is 0.282. The van der Waals surface area contributed by atoms with Crippen molar-refractivity contribution in [1.29, 1.82) is 0 Å². The van der Waals surface area contributed by atoms with E-state index in [1.807, 2.05) is 54.7 Å². The van der Waals surface area contributed by atoms with E-state index in [2.05, 4.69) is 30.4 Å². The number of aryl methyl sites for hydroxylation is 1. The van der Waals surface area contributed by atoms with E-state index in [0.717, 1.165) is 49.6 Å². The molecule has 0 aliphatic heterocycles. The zero-order valence-corrected chi connectivity index (χ0v) is 22.5. The maximum Gasteiger partial charge on any atom is 0.154 e. The molecule has 0 saturated heterocycles. The first-order valence-corrected chi connectivity index (χ1v) is 12.3. The summed E-state index contributed by atoms with van der Waals surface area (Å²) < 4.78 is 15.6. The summed E-state index contributed by atoms with van der Waals surface area (Å²) >= 11 is 1.44. The van der Waals surface area contributed by atoms with Crippen molar-refractivity contribution in [3.63, 3.8) is 0 Å². The lowest BCUT2D eigenvalue weighted by Crippen LogP contribution is -2.34. The number of ketones is 1. The van der Waals surface area contributed by atoms with Gasteiger partial charge in [-0.2, -0.15) is 4.37 Å². The molecule has 4 rings (SSSR count). The smallest absolute Gasteiger partial charge is 0.154 e. The van der Waals surface area contributed by atoms with Gasteiger partial charge in [-0.1, -0.05) is 42.5 Å². The predicted molar refractivity (Wildman–Crippen MR) is 150 cm³/mol. The highest BCUT2D eigenvalue weighted by atomic mass is 35.5. The van der Waals surface area contributed by atoms with Gasteiger partial charge in [-0.25, -0.2) is 0 Å². The molecular formula is C29H31ClN2O3S. The molecule has 36 heavy (non-hydrogen) atoms. The van der Waals surface area contributed by atoms with Crippen molar-refractivity contribution in [2.45, 2.75) is 32.7 Å². The molecule has 4 aromatic rings. The lowest BCUT2D eigenvalue weighted by molar-refractivity contribution is -0.119. The first kappa shape index (κ1) is 27.4. The zero-order valence-electron chi connectivity index (χ0n) is 20.9. The highest BCUT2D eigenvalue weighted by Gasteiger charge is 2.19. The molecule has 0 aliphatic rings. The van der Waals surface area contributed by atoms with E-state index < -0.39 is 6.04 Å². The van der Waals surface area contributed by atoms with Crippen LogP contribution in [0.1, 0.15) is 22.3 Å². The molecule has 1 heterocycles. The van der Waals surface area contributed by atoms with E-state index in [0.29, 0.717) is 12.2 Å². The summed E-state index contributed by atoms with van der Waals surface area (Å²) in [5, 5.41) is 0. The molecule has 0 aliphatic carbocycles. The molecular weight excluding hydrogens is 492 g/mol. The molecule has 0 spiro atoms. The maximum atomic E-state index is 13.0. The van der Waals surface area contributed by atoms with Crippen LogP contribution in [0.4, 0.5) is 0 Å². The Balaban J connectivity index is 0.00000361. The fourth-order valence-electron chi connectivity index (χ4n) is 4.21. The number of rotatable bonds is 9. The molecule has 1 atom stereocenters. The Kier molecular flexibility index (Phi) is 9.26. The molecule has 5 nitrogen and oxygen atoms in total. The number of carbonyl (C=O) groups is 1. The molecule has 1 unspecified atom stereocenters. The van der Waals surface area contributed by atoms with Crippen LogP contribution >= 0.6 is 23.9 Å². The summed E-state index contributed by atoms with van der Waals surface area (Å²) in [6.07, 6.45) is 2.58. The van der Waals surface area contributed by atoms with Gasteiger partial charge in [-0.15, -0.1) is 12.4 Å². The number of benzene rings is 3. The van der Waals surface area contributed by atoms with Crippen molar-refractivity contribution in [2.24, 2.45) is 5.73 Å². The molecule has 1 aromatic heterocycles. The number of carbonyl (C=O) groups excluding carboxylic acids is 1. The Labute approximate surface area is 222 Å². The number of hydrogen-bond acceptors (Lipinski definition) is 6. The third kappa shape index (κ3) is 5.95. The summed E-state index contributed by atoms with van der Waals surface area (Å²) in [5.41, 5.74) is 13.4. The minimum Gasteiger partial charge on any atom is -0.496 e. The minimum atomic E-state index is -0.577. The van der Waals surface area contributed by atoms with Crippen LogP contribution in [0.5, 0.6) is 11.5 Å². The summed E-state index contributed by atoms with van der Waals surface area (Å²) in [4.78, 5) is 14.1. The Morgan fingerprint density at radius 3 is 2.39 bits per heavy atom. The second kappa shape index (κ2) is 12.2. The van der Waals surface area contributed by atoms with Gasteiger partial charge in [0.25, 0.3) is 0 Å². The Bertz CT molecular complexity index is 1340. The van der Waals surface area contributed by atoms with E-state index in [1.165, 1.54) is 11.5 Å². The number of hydrogen-bond donors (Lipinski definition) is 1. The average molecular weight is 523 g/mol. The van der Waals surface area contributed by atoms with Gasteiger partial charge in [0, 0.05) is 23.7 Å². The molecule has 3 aromatic carbocycles. The highest BCUT2D eigenvalue weighted by Crippen LogP contribution is 2.39. The van der Waals surface area contributed by atoms with Crippen LogP contribution < -0.4 is 15.2 Å². The first-order valence-electron chi connectivity index (χ1n) is 11.5. The molecule has 2 N–H and O–H groups in total. The number of Topliss-reactive ketones (excluding diaryl/α,β-unsaturated/α-hetero) is 1. The van der Waals surface area contributed by atoms with E-state index in [4.69, 9.17) is 15.2 Å². The Hall–Kier alpha value is -3.19. The normalized spacial score (nSPS) is 11.5. The largest absolute Gasteiger partial charge is 0.496 e. The number of nitrogens with two attached hydrogens (primary N) is 1. The van der Waals surface area contributed by atoms with Crippen LogP contribution in [0.3, 0.4) is 0 Å². The topological polar surface area (TPSA) is 74.4 Å². The van der Waals surface area contributed by atoms with Crippen LogP contribution in [0.2, 0.25) is 0 Å². The monoisotopic (exact) mass is 522 g/mol. The number of halogens is 1. The fraction of sp³-hybridized carbons (Fsp3) is 0.241. The maximum absolute atomic E-state index is 13.0. The Morgan fingerprint density at radius 2 is 1.69 bits per heavy atom. The molecule has 0 bridgehead atoms. The van der Waals surface area contributed by atoms with Crippen LogP contribution in [0.15, 0.2) is 66.9 Å². The highest BCUT2D eigenvalue weighted by molar-refractivity contribution is 7.10. The average Bonchev–Trinajstić information content (AvgIpc) is 3.36. The molecule has 188 valence electrons. The molecule has 7 heteroatoms. The third-order valence-electron chi connectivity index (χ3n) is 6.34. The number of ether oxygens (including phenoxy) is 2. The van der Waals surface area contributed by atoms with E-state index >= 15 is 0 Å². The minimum absolute atomic E-state index is 0. The van der Waals surface area contributed by atoms with E-state index in [9.17, 15) is 4.79 Å². The SMILES string of the molecule is COc1ccc(-c2cnsc2-c2cc(C)c(C)c(OC)c2)cc1CC(=O)C(N)Cc1ccccc1.Cl. The second-order valence-corrected chi connectivity index (χ2v) is 9.46. The second-order valence-electron chi connectivity index (χ2n) is 8.65. The number of nitrogens with zero attached hydrogens (tertiary/aromatic N) is 1. The zero-order chi connectivity index (χ0) is 24.9. The van der Waals surface area contributed by atoms with Gasteiger partial charge in [-0.05, 0) is 77.8 Å². The molecule has 0 fully saturated rings. The van der Waals surface area contributed by atoms with Gasteiger partial charge >= 0.3 is 0 Å². The summed E-state index contributed by atoms with van der Waals surface area (Å²) in [7, 11) is 3.31. The van der Waals surface area contributed by atoms with Crippen molar-refractivity contribution in [3.8, 4) is 33.1 Å². The molecule has 0 radical (unpaired) electrons. The first-order chi connectivity index (χ1) is 16.9. The van der Waals surface area contributed by atoms with Crippen LogP contribution in [0.25, 0.3) is 21.6 Å². The van der Waals surface area contributed by atoms with Gasteiger partial charge < -0.3 is 15.2 Å². The van der Waals surface area contributed by atoms with Gasteiger partial charge in [0.05, 0.1) is 25.1 Å². The van der Waals surface area contributed by atoms with Crippen LogP contribution in [-0.2, 0) is 17.6 Å². The van der Waals surface area contributed by atoms with E-state index in [1.54, 1.807) is 14.2 Å². The van der Waals surface area contributed by atoms with Gasteiger partial charge in [0.15, 0.2) is 5.78 Å². The third-order valence-corrected chi connectivity index (χ3v) is 7.19. The van der Waals surface area contributed by atoms with Gasteiger partial charge in [0.2, 0.25) is 0 Å². The van der Waals surface area contributed by atoms with E-state index in [-0.39, 0.29) is 24.6 Å². The van der Waals surface area contributed by atoms with Gasteiger partial charge in [0.1, 0.15) is 11.5 Å². The Morgan fingerprint density at radius 1 is 0.972 bits per heavy atom. The van der Waals surface area contributed by atoms with Crippen LogP contribution in [0, 0.1) is 13.8 Å². The van der Waals surface area contributed by atoms with Crippen molar-refractivity contribution < 1.29 is 14.3 Å². The van der Waals surface area contributed by atoms with Crippen molar-refractivity contribution in [1.82, 2.24) is 4.37 Å². The van der Waals surface area contributed by atoms with Crippen molar-refractivity contribution in [2.75, 3.05) is 14.2 Å². The van der Waals surface area contributed by atoms with Crippen molar-refractivity contribution >= 4 is 29.7 Å². The lowest BCUT2D eigenvalue weighted by atomic mass is 9.95. The standard InChI is InChI=1S/C29H30N2O3S.ClH/c1-18-12-23(16-28(34-4)19(18)2)29-24(17-31-35-29)21-10-11-27(33-3)22(14-21)15-26(32)25(30)13-20-8-6-5-7-9-20;/h5-12,14,16-17,25H,13,15,30H2,1-4H3;1H. The number of aromatic nitrogens is 1. The van der Waals surface area contributed by atoms with Gasteiger partial charge in [-0.3, -0.25) is 4.79 Å².